The summed E-state index contributed by atoms with van der Waals surface area (Å²) >= 11 is 0. The molecular weight excluding hydrogens is 316 g/mol. The summed E-state index contributed by atoms with van der Waals surface area (Å²) in [6.45, 7) is 1.53. The number of hydrogen-bond donors (Lipinski definition) is 0. The van der Waals surface area contributed by atoms with Gasteiger partial charge < -0.3 is 14.4 Å². The molecule has 1 aliphatic rings. The predicted molar refractivity (Wildman–Crippen MR) is 83.9 cm³/mol. The Morgan fingerprint density at radius 3 is 2.38 bits per heavy atom. The number of carbonyl (C=O) groups is 1. The fraction of sp³-hybridized carbons (Fsp3) is 0.278. The summed E-state index contributed by atoms with van der Waals surface area (Å²) in [5.74, 6) is -0.321. The molecule has 0 bridgehead atoms. The van der Waals surface area contributed by atoms with Crippen LogP contribution in [0.1, 0.15) is 10.4 Å². The second-order valence-electron chi connectivity index (χ2n) is 5.52. The SMILES string of the molecule is O=C(c1ccc(F)cc1)N1CCO[C@@H](COc2ccc(F)cc2)C1. The molecule has 3 rings (SSSR count). The number of ether oxygens (including phenoxy) is 2. The summed E-state index contributed by atoms with van der Waals surface area (Å²) in [4.78, 5) is 14.1. The molecule has 1 fully saturated rings. The van der Waals surface area contributed by atoms with E-state index in [4.69, 9.17) is 9.47 Å². The van der Waals surface area contributed by atoms with E-state index in [1.54, 1.807) is 17.0 Å². The van der Waals surface area contributed by atoms with Gasteiger partial charge >= 0.3 is 0 Å². The average molecular weight is 333 g/mol. The Kier molecular flexibility index (Phi) is 5.05. The Morgan fingerprint density at radius 2 is 1.71 bits per heavy atom. The second-order valence-corrected chi connectivity index (χ2v) is 5.52. The van der Waals surface area contributed by atoms with E-state index in [9.17, 15) is 13.6 Å². The van der Waals surface area contributed by atoms with E-state index in [0.717, 1.165) is 0 Å². The Morgan fingerprint density at radius 1 is 1.08 bits per heavy atom. The summed E-state index contributed by atoms with van der Waals surface area (Å²) in [5, 5.41) is 0. The van der Waals surface area contributed by atoms with Crippen LogP contribution in [-0.4, -0.2) is 43.2 Å². The van der Waals surface area contributed by atoms with Crippen molar-refractivity contribution in [1.29, 1.82) is 0 Å². The Labute approximate surface area is 138 Å². The maximum atomic E-state index is 13.0. The molecule has 0 saturated carbocycles. The van der Waals surface area contributed by atoms with Gasteiger partial charge in [-0.15, -0.1) is 0 Å². The van der Waals surface area contributed by atoms with Crippen molar-refractivity contribution < 1.29 is 23.0 Å². The first kappa shape index (κ1) is 16.4. The summed E-state index contributed by atoms with van der Waals surface area (Å²) in [6.07, 6.45) is -0.270. The third-order valence-corrected chi connectivity index (χ3v) is 3.77. The molecule has 0 radical (unpaired) electrons. The zero-order valence-corrected chi connectivity index (χ0v) is 13.0. The van der Waals surface area contributed by atoms with Crippen LogP contribution in [0.2, 0.25) is 0 Å². The zero-order chi connectivity index (χ0) is 16.9. The van der Waals surface area contributed by atoms with Crippen molar-refractivity contribution in [3.63, 3.8) is 0 Å². The molecule has 0 aromatic heterocycles. The minimum atomic E-state index is -0.376. The highest BCUT2D eigenvalue weighted by atomic mass is 19.1. The summed E-state index contributed by atoms with van der Waals surface area (Å²) in [6, 6.07) is 11.2. The first-order valence-corrected chi connectivity index (χ1v) is 7.66. The van der Waals surface area contributed by atoms with Crippen LogP contribution in [0.4, 0.5) is 8.78 Å². The highest BCUT2D eigenvalue weighted by Crippen LogP contribution is 2.15. The number of amides is 1. The van der Waals surface area contributed by atoms with Crippen LogP contribution in [0.15, 0.2) is 48.5 Å². The van der Waals surface area contributed by atoms with Crippen molar-refractivity contribution in [2.45, 2.75) is 6.10 Å². The van der Waals surface area contributed by atoms with Crippen LogP contribution in [0.25, 0.3) is 0 Å². The lowest BCUT2D eigenvalue weighted by molar-refractivity contribution is -0.0401. The van der Waals surface area contributed by atoms with Crippen LogP contribution in [0.5, 0.6) is 5.75 Å². The number of nitrogens with zero attached hydrogens (tertiary/aromatic N) is 1. The molecule has 0 N–H and O–H groups in total. The normalized spacial score (nSPS) is 17.6. The largest absolute Gasteiger partial charge is 0.491 e. The molecule has 1 saturated heterocycles. The number of rotatable bonds is 4. The topological polar surface area (TPSA) is 38.8 Å². The third-order valence-electron chi connectivity index (χ3n) is 3.77. The molecule has 2 aromatic rings. The van der Waals surface area contributed by atoms with Crippen LogP contribution >= 0.6 is 0 Å². The molecule has 2 aromatic carbocycles. The molecule has 6 heteroatoms. The average Bonchev–Trinajstić information content (AvgIpc) is 2.61. The van der Waals surface area contributed by atoms with Crippen LogP contribution in [0.3, 0.4) is 0 Å². The first-order chi connectivity index (χ1) is 11.6. The van der Waals surface area contributed by atoms with Gasteiger partial charge in [-0.05, 0) is 48.5 Å². The van der Waals surface area contributed by atoms with Gasteiger partial charge in [-0.3, -0.25) is 4.79 Å². The monoisotopic (exact) mass is 333 g/mol. The lowest BCUT2D eigenvalue weighted by atomic mass is 10.1. The quantitative estimate of drug-likeness (QED) is 0.864. The van der Waals surface area contributed by atoms with Crippen molar-refractivity contribution in [1.82, 2.24) is 4.90 Å². The molecule has 24 heavy (non-hydrogen) atoms. The minimum absolute atomic E-state index is 0.162. The molecule has 1 aliphatic heterocycles. The van der Waals surface area contributed by atoms with E-state index < -0.39 is 0 Å². The van der Waals surface area contributed by atoms with Gasteiger partial charge in [0.15, 0.2) is 0 Å². The number of morpholine rings is 1. The summed E-state index contributed by atoms with van der Waals surface area (Å²) < 4.78 is 37.0. The van der Waals surface area contributed by atoms with Crippen LogP contribution < -0.4 is 4.74 Å². The van der Waals surface area contributed by atoms with E-state index in [-0.39, 0.29) is 30.3 Å². The standard InChI is InChI=1S/C18H17F2NO3/c19-14-3-1-13(2-4-14)18(22)21-9-10-23-17(11-21)12-24-16-7-5-15(20)6-8-16/h1-8,17H,9-12H2/t17-/m1/s1. The van der Waals surface area contributed by atoms with Crippen LogP contribution in [0, 0.1) is 11.6 Å². The molecule has 126 valence electrons. The van der Waals surface area contributed by atoms with Gasteiger partial charge in [-0.25, -0.2) is 8.78 Å². The number of carbonyl (C=O) groups excluding carboxylic acids is 1. The molecule has 1 amide bonds. The first-order valence-electron chi connectivity index (χ1n) is 7.66. The number of benzene rings is 2. The van der Waals surface area contributed by atoms with Crippen molar-refractivity contribution in [2.75, 3.05) is 26.3 Å². The zero-order valence-electron chi connectivity index (χ0n) is 13.0. The van der Waals surface area contributed by atoms with Crippen LogP contribution in [-0.2, 0) is 4.74 Å². The Balaban J connectivity index is 1.56. The molecule has 0 unspecified atom stereocenters. The summed E-state index contributed by atoms with van der Waals surface area (Å²) in [5.41, 5.74) is 0.441. The molecule has 1 atom stereocenters. The van der Waals surface area contributed by atoms with Gasteiger partial charge in [0.1, 0.15) is 30.1 Å². The highest BCUT2D eigenvalue weighted by Gasteiger charge is 2.25. The molecule has 1 heterocycles. The van der Waals surface area contributed by atoms with E-state index in [1.165, 1.54) is 36.4 Å². The fourth-order valence-corrected chi connectivity index (χ4v) is 2.50. The maximum Gasteiger partial charge on any atom is 0.254 e. The molecular formula is C18H17F2NO3. The smallest absolute Gasteiger partial charge is 0.254 e. The summed E-state index contributed by atoms with van der Waals surface area (Å²) in [7, 11) is 0. The lowest BCUT2D eigenvalue weighted by Crippen LogP contribution is -2.47. The fourth-order valence-electron chi connectivity index (χ4n) is 2.50. The molecule has 0 aliphatic carbocycles. The van der Waals surface area contributed by atoms with Gasteiger partial charge in [-0.1, -0.05) is 0 Å². The Bertz CT molecular complexity index is 688. The third kappa shape index (κ3) is 4.08. The van der Waals surface area contributed by atoms with E-state index >= 15 is 0 Å². The van der Waals surface area contributed by atoms with Gasteiger partial charge in [0, 0.05) is 12.1 Å². The van der Waals surface area contributed by atoms with Crippen molar-refractivity contribution in [2.24, 2.45) is 0 Å². The van der Waals surface area contributed by atoms with Crippen molar-refractivity contribution >= 4 is 5.91 Å². The molecule has 4 nitrogen and oxygen atoms in total. The maximum absolute atomic E-state index is 13.0. The van der Waals surface area contributed by atoms with Gasteiger partial charge in [-0.2, -0.15) is 0 Å². The highest BCUT2D eigenvalue weighted by molar-refractivity contribution is 5.94. The molecule has 0 spiro atoms. The Hall–Kier alpha value is -2.47. The van der Waals surface area contributed by atoms with E-state index in [1.807, 2.05) is 0 Å². The van der Waals surface area contributed by atoms with Crippen molar-refractivity contribution in [3.05, 3.63) is 65.7 Å². The van der Waals surface area contributed by atoms with Gasteiger partial charge in [0.25, 0.3) is 5.91 Å². The number of halogens is 2. The van der Waals surface area contributed by atoms with Crippen molar-refractivity contribution in [3.8, 4) is 5.75 Å². The lowest BCUT2D eigenvalue weighted by Gasteiger charge is -2.32. The second kappa shape index (κ2) is 7.40. The number of hydrogen-bond acceptors (Lipinski definition) is 3. The van der Waals surface area contributed by atoms with Gasteiger partial charge in [0.2, 0.25) is 0 Å². The van der Waals surface area contributed by atoms with E-state index in [0.29, 0.717) is 31.0 Å². The van der Waals surface area contributed by atoms with E-state index in [2.05, 4.69) is 0 Å². The van der Waals surface area contributed by atoms with Gasteiger partial charge in [0.05, 0.1) is 13.2 Å². The minimum Gasteiger partial charge on any atom is -0.491 e. The predicted octanol–water partition coefficient (Wildman–Crippen LogP) is 2.88.